The van der Waals surface area contributed by atoms with E-state index in [0.717, 1.165) is 24.1 Å². The summed E-state index contributed by atoms with van der Waals surface area (Å²) in [5.74, 6) is -0.295. The van der Waals surface area contributed by atoms with Crippen LogP contribution in [0.2, 0.25) is 0 Å². The van der Waals surface area contributed by atoms with Crippen molar-refractivity contribution in [2.45, 2.75) is 38.8 Å². The first-order valence-electron chi connectivity index (χ1n) is 9.25. The van der Waals surface area contributed by atoms with Crippen LogP contribution in [0.25, 0.3) is 0 Å². The van der Waals surface area contributed by atoms with Gasteiger partial charge in [0.1, 0.15) is 0 Å². The predicted molar refractivity (Wildman–Crippen MR) is 98.1 cm³/mol. The highest BCUT2D eigenvalue weighted by Crippen LogP contribution is 2.23. The minimum Gasteiger partial charge on any atom is -0.352 e. The Labute approximate surface area is 153 Å². The number of nitrogens with one attached hydrogen (secondary N) is 1. The van der Waals surface area contributed by atoms with E-state index in [1.54, 1.807) is 11.1 Å². The fourth-order valence-corrected chi connectivity index (χ4v) is 3.86. The number of fused-ring (bicyclic) bond motifs is 1. The van der Waals surface area contributed by atoms with E-state index in [9.17, 15) is 9.59 Å². The normalized spacial score (nSPS) is 18.8. The van der Waals surface area contributed by atoms with Crippen LogP contribution < -0.4 is 5.32 Å². The van der Waals surface area contributed by atoms with Gasteiger partial charge in [0.05, 0.1) is 18.2 Å². The predicted octanol–water partition coefficient (Wildman–Crippen LogP) is 2.24. The smallest absolute Gasteiger partial charge is 0.225 e. The van der Waals surface area contributed by atoms with E-state index in [4.69, 9.17) is 0 Å². The number of carbonyl (C=O) groups is 2. The zero-order valence-corrected chi connectivity index (χ0v) is 14.8. The second-order valence-corrected chi connectivity index (χ2v) is 7.17. The van der Waals surface area contributed by atoms with Crippen LogP contribution in [-0.4, -0.2) is 28.2 Å². The maximum Gasteiger partial charge on any atom is 0.225 e. The number of likely N-dealkylation sites (tertiary alicyclic amines) is 1. The van der Waals surface area contributed by atoms with E-state index in [2.05, 4.69) is 28.5 Å². The van der Waals surface area contributed by atoms with Crippen LogP contribution in [0, 0.1) is 5.92 Å². The Balaban J connectivity index is 1.32. The molecule has 1 aromatic heterocycles. The van der Waals surface area contributed by atoms with Crippen molar-refractivity contribution in [2.75, 3.05) is 6.54 Å². The Bertz CT molecular complexity index is 819. The lowest BCUT2D eigenvalue weighted by atomic mass is 10.1. The summed E-state index contributed by atoms with van der Waals surface area (Å²) in [5.41, 5.74) is 4.83. The maximum absolute atomic E-state index is 12.5. The molecule has 26 heavy (non-hydrogen) atoms. The first-order chi connectivity index (χ1) is 12.7. The average Bonchev–Trinajstić information content (AvgIpc) is 3.27. The molecule has 0 radical (unpaired) electrons. The average molecular weight is 349 g/mol. The van der Waals surface area contributed by atoms with Crippen molar-refractivity contribution in [3.8, 4) is 0 Å². The summed E-state index contributed by atoms with van der Waals surface area (Å²) >= 11 is 0. The third kappa shape index (κ3) is 3.62. The Morgan fingerprint density at radius 1 is 1.19 bits per heavy atom. The highest BCUT2D eigenvalue weighted by atomic mass is 16.2. The van der Waals surface area contributed by atoms with Crippen molar-refractivity contribution in [2.24, 2.45) is 5.92 Å². The standard InChI is InChI=1S/C21H23N3O2/c25-20-11-18(13-24(20)14-19-6-1-2-9-22-19)21(26)23-12-15-7-8-16-4-3-5-17(16)10-15/h1-2,6-10,18H,3-5,11-14H2,(H,23,26). The number of hydrogen-bond acceptors (Lipinski definition) is 3. The lowest BCUT2D eigenvalue weighted by Crippen LogP contribution is -2.32. The number of benzene rings is 1. The number of carbonyl (C=O) groups excluding carboxylic acids is 2. The lowest BCUT2D eigenvalue weighted by Gasteiger charge is -2.16. The molecule has 1 N–H and O–H groups in total. The van der Waals surface area contributed by atoms with E-state index in [1.807, 2.05) is 18.2 Å². The molecule has 134 valence electrons. The monoisotopic (exact) mass is 349 g/mol. The van der Waals surface area contributed by atoms with Gasteiger partial charge in [-0.2, -0.15) is 0 Å². The third-order valence-corrected chi connectivity index (χ3v) is 5.29. The van der Waals surface area contributed by atoms with Gasteiger partial charge in [-0.15, -0.1) is 0 Å². The number of nitrogens with zero attached hydrogens (tertiary/aromatic N) is 2. The van der Waals surface area contributed by atoms with Gasteiger partial charge in [0.25, 0.3) is 0 Å². The number of hydrogen-bond donors (Lipinski definition) is 1. The molecule has 1 aromatic carbocycles. The van der Waals surface area contributed by atoms with Gasteiger partial charge in [-0.25, -0.2) is 0 Å². The van der Waals surface area contributed by atoms with Gasteiger partial charge < -0.3 is 10.2 Å². The number of rotatable bonds is 5. The van der Waals surface area contributed by atoms with Crippen molar-refractivity contribution in [3.63, 3.8) is 0 Å². The summed E-state index contributed by atoms with van der Waals surface area (Å²) in [6.07, 6.45) is 5.52. The van der Waals surface area contributed by atoms with E-state index >= 15 is 0 Å². The molecule has 1 aliphatic heterocycles. The van der Waals surface area contributed by atoms with Crippen LogP contribution >= 0.6 is 0 Å². The van der Waals surface area contributed by atoms with E-state index in [0.29, 0.717) is 19.6 Å². The molecule has 2 amide bonds. The molecule has 2 aromatic rings. The molecule has 2 aliphatic rings. The van der Waals surface area contributed by atoms with Crippen LogP contribution in [0.5, 0.6) is 0 Å². The van der Waals surface area contributed by atoms with Gasteiger partial charge >= 0.3 is 0 Å². The van der Waals surface area contributed by atoms with Crippen LogP contribution in [0.3, 0.4) is 0 Å². The van der Waals surface area contributed by atoms with Crippen LogP contribution in [0.15, 0.2) is 42.6 Å². The van der Waals surface area contributed by atoms with Gasteiger partial charge in [-0.3, -0.25) is 14.6 Å². The molecule has 5 heteroatoms. The molecular weight excluding hydrogens is 326 g/mol. The second-order valence-electron chi connectivity index (χ2n) is 7.17. The molecule has 0 spiro atoms. The molecule has 0 saturated carbocycles. The maximum atomic E-state index is 12.5. The van der Waals surface area contributed by atoms with Crippen molar-refractivity contribution in [1.29, 1.82) is 0 Å². The molecule has 1 fully saturated rings. The summed E-state index contributed by atoms with van der Waals surface area (Å²) in [4.78, 5) is 30.7. The van der Waals surface area contributed by atoms with Crippen molar-refractivity contribution >= 4 is 11.8 Å². The third-order valence-electron chi connectivity index (χ3n) is 5.29. The molecule has 1 atom stereocenters. The summed E-state index contributed by atoms with van der Waals surface area (Å²) in [6, 6.07) is 12.1. The molecule has 1 aliphatic carbocycles. The number of aromatic nitrogens is 1. The first-order valence-corrected chi connectivity index (χ1v) is 9.25. The van der Waals surface area contributed by atoms with Crippen molar-refractivity contribution in [1.82, 2.24) is 15.2 Å². The largest absolute Gasteiger partial charge is 0.352 e. The number of amides is 2. The Hall–Kier alpha value is -2.69. The minimum absolute atomic E-state index is 0.0216. The summed E-state index contributed by atoms with van der Waals surface area (Å²) < 4.78 is 0. The topological polar surface area (TPSA) is 62.3 Å². The SMILES string of the molecule is O=C(NCc1ccc2c(c1)CCC2)C1CC(=O)N(Cc2ccccn2)C1. The van der Waals surface area contributed by atoms with Gasteiger partial charge in [0.15, 0.2) is 0 Å². The highest BCUT2D eigenvalue weighted by molar-refractivity contribution is 5.89. The van der Waals surface area contributed by atoms with Gasteiger partial charge in [-0.05, 0) is 48.1 Å². The highest BCUT2D eigenvalue weighted by Gasteiger charge is 2.34. The Morgan fingerprint density at radius 3 is 2.92 bits per heavy atom. The molecule has 1 unspecified atom stereocenters. The summed E-state index contributed by atoms with van der Waals surface area (Å²) in [6.45, 7) is 1.46. The molecule has 0 bridgehead atoms. The molecule has 2 heterocycles. The number of aryl methyl sites for hydroxylation is 2. The zero-order valence-electron chi connectivity index (χ0n) is 14.8. The fraction of sp³-hybridized carbons (Fsp3) is 0.381. The van der Waals surface area contributed by atoms with Gasteiger partial charge in [0, 0.05) is 25.7 Å². The lowest BCUT2D eigenvalue weighted by molar-refractivity contribution is -0.129. The van der Waals surface area contributed by atoms with E-state index in [1.165, 1.54) is 17.5 Å². The fourth-order valence-electron chi connectivity index (χ4n) is 3.86. The Morgan fingerprint density at radius 2 is 2.08 bits per heavy atom. The molecule has 4 rings (SSSR count). The summed E-state index contributed by atoms with van der Waals surface area (Å²) in [5, 5.41) is 3.00. The zero-order chi connectivity index (χ0) is 17.9. The van der Waals surface area contributed by atoms with Gasteiger partial charge in [0.2, 0.25) is 11.8 Å². The van der Waals surface area contributed by atoms with Crippen LogP contribution in [0.4, 0.5) is 0 Å². The van der Waals surface area contributed by atoms with Crippen molar-refractivity contribution < 1.29 is 9.59 Å². The molecule has 1 saturated heterocycles. The van der Waals surface area contributed by atoms with Crippen LogP contribution in [-0.2, 0) is 35.5 Å². The first kappa shape index (κ1) is 16.8. The van der Waals surface area contributed by atoms with Crippen molar-refractivity contribution in [3.05, 3.63) is 65.0 Å². The van der Waals surface area contributed by atoms with E-state index < -0.39 is 0 Å². The molecular formula is C21H23N3O2. The number of pyridine rings is 1. The van der Waals surface area contributed by atoms with Crippen LogP contribution in [0.1, 0.15) is 35.2 Å². The van der Waals surface area contributed by atoms with E-state index in [-0.39, 0.29) is 24.2 Å². The Kier molecular flexibility index (Phi) is 4.69. The quantitative estimate of drug-likeness (QED) is 0.900. The van der Waals surface area contributed by atoms with Gasteiger partial charge in [-0.1, -0.05) is 24.3 Å². The summed E-state index contributed by atoms with van der Waals surface area (Å²) in [7, 11) is 0. The second kappa shape index (κ2) is 7.28. The molecule has 5 nitrogen and oxygen atoms in total. The minimum atomic E-state index is -0.277.